The van der Waals surface area contributed by atoms with Gasteiger partial charge in [0.2, 0.25) is 5.91 Å². The summed E-state index contributed by atoms with van der Waals surface area (Å²) in [6, 6.07) is 9.55. The maximum Gasteiger partial charge on any atom is 0.239 e. The molecule has 2 rings (SSSR count). The zero-order valence-corrected chi connectivity index (χ0v) is 13.6. The standard InChI is InChI=1S/C18H24N2O3/c1-3-22-18(23-13-15-7-5-4-6-8-15)11-9-16(10-12-18)20-14(2)17(19)21/h4-11,14,20H,3,12-13H2,1-2H3,(H2,19,21)/t14-,18?/m0/s1. The van der Waals surface area contributed by atoms with Gasteiger partial charge in [-0.2, -0.15) is 0 Å². The molecule has 0 saturated carbocycles. The first-order valence-corrected chi connectivity index (χ1v) is 7.82. The van der Waals surface area contributed by atoms with Gasteiger partial charge in [0, 0.05) is 18.7 Å². The Hall–Kier alpha value is -2.11. The zero-order chi connectivity index (χ0) is 16.7. The summed E-state index contributed by atoms with van der Waals surface area (Å²) in [5, 5.41) is 3.06. The van der Waals surface area contributed by atoms with Crippen molar-refractivity contribution in [2.45, 2.75) is 38.7 Å². The van der Waals surface area contributed by atoms with E-state index in [0.717, 1.165) is 11.3 Å². The molecule has 0 saturated heterocycles. The number of primary amides is 1. The van der Waals surface area contributed by atoms with Crippen LogP contribution in [0.2, 0.25) is 0 Å². The molecule has 5 heteroatoms. The van der Waals surface area contributed by atoms with Crippen molar-refractivity contribution in [3.8, 4) is 0 Å². The second-order valence-electron chi connectivity index (χ2n) is 5.48. The predicted molar refractivity (Wildman–Crippen MR) is 89.2 cm³/mol. The SMILES string of the molecule is CCOC1(OCc2ccccc2)C=CC(N[C@@H](C)C(N)=O)=CC1. The molecule has 1 aliphatic rings. The Labute approximate surface area is 137 Å². The van der Waals surface area contributed by atoms with Crippen molar-refractivity contribution < 1.29 is 14.3 Å². The van der Waals surface area contributed by atoms with Crippen LogP contribution in [0.3, 0.4) is 0 Å². The Kier molecular flexibility index (Phi) is 5.96. The van der Waals surface area contributed by atoms with E-state index in [1.165, 1.54) is 0 Å². The van der Waals surface area contributed by atoms with Crippen molar-refractivity contribution in [2.75, 3.05) is 6.61 Å². The number of carbonyl (C=O) groups excluding carboxylic acids is 1. The first kappa shape index (κ1) is 17.2. The highest BCUT2D eigenvalue weighted by Crippen LogP contribution is 2.27. The molecule has 0 aromatic heterocycles. The van der Waals surface area contributed by atoms with Crippen molar-refractivity contribution in [1.29, 1.82) is 0 Å². The van der Waals surface area contributed by atoms with E-state index in [0.29, 0.717) is 19.6 Å². The molecule has 0 heterocycles. The molecule has 1 unspecified atom stereocenters. The Morgan fingerprint density at radius 2 is 2.09 bits per heavy atom. The maximum atomic E-state index is 11.1. The molecule has 5 nitrogen and oxygen atoms in total. The van der Waals surface area contributed by atoms with Crippen LogP contribution in [0.1, 0.15) is 25.8 Å². The summed E-state index contributed by atoms with van der Waals surface area (Å²) < 4.78 is 11.8. The van der Waals surface area contributed by atoms with Crippen molar-refractivity contribution >= 4 is 5.91 Å². The molecule has 0 spiro atoms. The van der Waals surface area contributed by atoms with Gasteiger partial charge in [-0.3, -0.25) is 4.79 Å². The van der Waals surface area contributed by atoms with E-state index in [-0.39, 0.29) is 5.91 Å². The summed E-state index contributed by atoms with van der Waals surface area (Å²) in [6.07, 6.45) is 6.27. The zero-order valence-electron chi connectivity index (χ0n) is 13.6. The van der Waals surface area contributed by atoms with Gasteiger partial charge >= 0.3 is 0 Å². The van der Waals surface area contributed by atoms with Crippen molar-refractivity contribution in [2.24, 2.45) is 5.73 Å². The quantitative estimate of drug-likeness (QED) is 0.721. The van der Waals surface area contributed by atoms with Gasteiger partial charge in [0.25, 0.3) is 0 Å². The molecule has 1 amide bonds. The molecule has 0 aliphatic heterocycles. The van der Waals surface area contributed by atoms with Crippen LogP contribution in [0.25, 0.3) is 0 Å². The highest BCUT2D eigenvalue weighted by molar-refractivity contribution is 5.79. The molecule has 1 aromatic rings. The molecule has 1 aromatic carbocycles. The van der Waals surface area contributed by atoms with Crippen LogP contribution in [0, 0.1) is 0 Å². The van der Waals surface area contributed by atoms with Crippen LogP contribution in [0.15, 0.2) is 54.3 Å². The number of nitrogens with one attached hydrogen (secondary N) is 1. The van der Waals surface area contributed by atoms with Crippen molar-refractivity contribution in [3.63, 3.8) is 0 Å². The van der Waals surface area contributed by atoms with E-state index >= 15 is 0 Å². The molecule has 0 bridgehead atoms. The summed E-state index contributed by atoms with van der Waals surface area (Å²) in [5.74, 6) is -1.16. The lowest BCUT2D eigenvalue weighted by Crippen LogP contribution is -2.40. The fourth-order valence-corrected chi connectivity index (χ4v) is 2.31. The Balaban J connectivity index is 1.99. The van der Waals surface area contributed by atoms with Crippen LogP contribution >= 0.6 is 0 Å². The second-order valence-corrected chi connectivity index (χ2v) is 5.48. The minimum Gasteiger partial charge on any atom is -0.374 e. The molecular weight excluding hydrogens is 292 g/mol. The van der Waals surface area contributed by atoms with Crippen molar-refractivity contribution in [3.05, 3.63) is 59.8 Å². The van der Waals surface area contributed by atoms with Crippen LogP contribution in [0.5, 0.6) is 0 Å². The largest absolute Gasteiger partial charge is 0.374 e. The molecule has 1 aliphatic carbocycles. The van der Waals surface area contributed by atoms with E-state index in [1.54, 1.807) is 6.92 Å². The fourth-order valence-electron chi connectivity index (χ4n) is 2.31. The summed E-state index contributed by atoms with van der Waals surface area (Å²) in [6.45, 7) is 4.69. The molecule has 23 heavy (non-hydrogen) atoms. The van der Waals surface area contributed by atoms with Gasteiger partial charge < -0.3 is 20.5 Å². The monoisotopic (exact) mass is 316 g/mol. The number of hydrogen-bond acceptors (Lipinski definition) is 4. The first-order valence-electron chi connectivity index (χ1n) is 7.82. The Morgan fingerprint density at radius 3 is 2.65 bits per heavy atom. The van der Waals surface area contributed by atoms with Crippen molar-refractivity contribution in [1.82, 2.24) is 5.32 Å². The summed E-state index contributed by atoms with van der Waals surface area (Å²) >= 11 is 0. The minimum absolute atomic E-state index is 0.388. The van der Waals surface area contributed by atoms with E-state index in [4.69, 9.17) is 15.2 Å². The lowest BCUT2D eigenvalue weighted by Gasteiger charge is -2.32. The predicted octanol–water partition coefficient (Wildman–Crippen LogP) is 2.24. The maximum absolute atomic E-state index is 11.1. The number of benzene rings is 1. The van der Waals surface area contributed by atoms with E-state index in [1.807, 2.05) is 55.5 Å². The second kappa shape index (κ2) is 7.94. The summed E-state index contributed by atoms with van der Waals surface area (Å²) in [7, 11) is 0. The molecule has 124 valence electrons. The van der Waals surface area contributed by atoms with Gasteiger partial charge in [-0.15, -0.1) is 0 Å². The molecule has 3 N–H and O–H groups in total. The number of rotatable bonds is 8. The first-order chi connectivity index (χ1) is 11.0. The average molecular weight is 316 g/mol. The normalized spacial score (nSPS) is 21.6. The van der Waals surface area contributed by atoms with Crippen LogP contribution < -0.4 is 11.1 Å². The smallest absolute Gasteiger partial charge is 0.239 e. The third-order valence-electron chi connectivity index (χ3n) is 3.65. The highest BCUT2D eigenvalue weighted by Gasteiger charge is 2.30. The molecule has 2 atom stereocenters. The number of allylic oxidation sites excluding steroid dienone is 1. The van der Waals surface area contributed by atoms with E-state index < -0.39 is 11.8 Å². The van der Waals surface area contributed by atoms with Crippen LogP contribution in [-0.4, -0.2) is 24.3 Å². The molecule has 0 fully saturated rings. The Bertz CT molecular complexity index is 583. The lowest BCUT2D eigenvalue weighted by molar-refractivity contribution is -0.207. The topological polar surface area (TPSA) is 73.6 Å². The van der Waals surface area contributed by atoms with Gasteiger partial charge in [-0.05, 0) is 31.6 Å². The van der Waals surface area contributed by atoms with Crippen LogP contribution in [0.4, 0.5) is 0 Å². The van der Waals surface area contributed by atoms with Crippen LogP contribution in [-0.2, 0) is 20.9 Å². The van der Waals surface area contributed by atoms with Gasteiger partial charge in [-0.1, -0.05) is 36.4 Å². The van der Waals surface area contributed by atoms with Gasteiger partial charge in [0.15, 0.2) is 5.79 Å². The molecular formula is C18H24N2O3. The number of ether oxygens (including phenoxy) is 2. The third kappa shape index (κ3) is 4.94. The number of nitrogens with two attached hydrogens (primary N) is 1. The highest BCUT2D eigenvalue weighted by atomic mass is 16.7. The van der Waals surface area contributed by atoms with E-state index in [9.17, 15) is 4.79 Å². The van der Waals surface area contributed by atoms with E-state index in [2.05, 4.69) is 5.32 Å². The fraction of sp³-hybridized carbons (Fsp3) is 0.389. The Morgan fingerprint density at radius 1 is 1.35 bits per heavy atom. The molecule has 0 radical (unpaired) electrons. The van der Waals surface area contributed by atoms with Gasteiger partial charge in [0.1, 0.15) is 6.04 Å². The number of amides is 1. The number of hydrogen-bond donors (Lipinski definition) is 2. The third-order valence-corrected chi connectivity index (χ3v) is 3.65. The van der Waals surface area contributed by atoms with Gasteiger partial charge in [0.05, 0.1) is 6.61 Å². The summed E-state index contributed by atoms with van der Waals surface area (Å²) in [4.78, 5) is 11.1. The number of carbonyl (C=O) groups is 1. The lowest BCUT2D eigenvalue weighted by atomic mass is 10.0. The van der Waals surface area contributed by atoms with Gasteiger partial charge in [-0.25, -0.2) is 0 Å². The summed E-state index contributed by atoms with van der Waals surface area (Å²) in [5.41, 5.74) is 7.20. The average Bonchev–Trinajstić information content (AvgIpc) is 2.56. The minimum atomic E-state index is -0.772.